The van der Waals surface area contributed by atoms with Crippen molar-refractivity contribution in [2.75, 3.05) is 19.8 Å². The molecular weight excluding hydrogens is 184 g/mol. The Balaban J connectivity index is 2.07. The third-order valence-corrected chi connectivity index (χ3v) is 1.52. The molecule has 0 saturated carbocycles. The molecule has 7 heteroatoms. The molecule has 0 N–H and O–H groups in total. The zero-order valence-electron chi connectivity index (χ0n) is 8.00. The maximum atomic E-state index is 7.98. The molecule has 14 heavy (non-hydrogen) atoms. The van der Waals surface area contributed by atoms with Crippen LogP contribution in [0.25, 0.3) is 10.4 Å². The van der Waals surface area contributed by atoms with Crippen LogP contribution in [0.5, 0.6) is 0 Å². The molecule has 1 heterocycles. The first kappa shape index (κ1) is 10.5. The summed E-state index contributed by atoms with van der Waals surface area (Å²) in [6.07, 6.45) is 1.84. The summed E-state index contributed by atoms with van der Waals surface area (Å²) >= 11 is 0. The molecule has 1 aromatic rings. The molecule has 0 spiro atoms. The zero-order valence-corrected chi connectivity index (χ0v) is 8.00. The van der Waals surface area contributed by atoms with Gasteiger partial charge in [0.1, 0.15) is 0 Å². The van der Waals surface area contributed by atoms with E-state index in [4.69, 9.17) is 10.3 Å². The minimum absolute atomic E-state index is 0.368. The van der Waals surface area contributed by atoms with E-state index in [1.807, 2.05) is 13.1 Å². The number of hydrogen-bond acceptors (Lipinski definition) is 4. The highest BCUT2D eigenvalue weighted by atomic mass is 16.5. The highest BCUT2D eigenvalue weighted by molar-refractivity contribution is 4.86. The smallest absolute Gasteiger partial charge is 0.0796 e. The molecule has 76 valence electrons. The topological polar surface area (TPSA) is 88.7 Å². The molecule has 1 rings (SSSR count). The van der Waals surface area contributed by atoms with Crippen molar-refractivity contribution < 1.29 is 4.74 Å². The molecule has 0 fully saturated rings. The van der Waals surface area contributed by atoms with E-state index in [0.29, 0.717) is 26.3 Å². The van der Waals surface area contributed by atoms with Crippen molar-refractivity contribution in [3.63, 3.8) is 0 Å². The number of hydrogen-bond donors (Lipinski definition) is 0. The fraction of sp³-hybridized carbons (Fsp3) is 0.714. The number of aryl methyl sites for hydroxylation is 1. The zero-order chi connectivity index (χ0) is 10.2. The number of azide groups is 1. The van der Waals surface area contributed by atoms with Crippen LogP contribution in [0.4, 0.5) is 0 Å². The van der Waals surface area contributed by atoms with Gasteiger partial charge in [0.2, 0.25) is 0 Å². The van der Waals surface area contributed by atoms with Crippen LogP contribution < -0.4 is 0 Å². The largest absolute Gasteiger partial charge is 0.379 e. The van der Waals surface area contributed by atoms with Crippen LogP contribution in [0.3, 0.4) is 0 Å². The fourth-order valence-electron chi connectivity index (χ4n) is 0.915. The number of ether oxygens (including phenoxy) is 1. The number of nitrogens with zero attached hydrogens (tertiary/aromatic N) is 6. The quantitative estimate of drug-likeness (QED) is 0.293. The first-order valence-electron chi connectivity index (χ1n) is 4.28. The Labute approximate surface area is 81.3 Å². The maximum Gasteiger partial charge on any atom is 0.0796 e. The third kappa shape index (κ3) is 3.88. The molecule has 7 nitrogen and oxygen atoms in total. The lowest BCUT2D eigenvalue weighted by Crippen LogP contribution is -2.08. The molecule has 0 bridgehead atoms. The van der Waals surface area contributed by atoms with Gasteiger partial charge < -0.3 is 4.74 Å². The molecule has 0 unspecified atom stereocenters. The van der Waals surface area contributed by atoms with E-state index in [9.17, 15) is 0 Å². The third-order valence-electron chi connectivity index (χ3n) is 1.52. The van der Waals surface area contributed by atoms with E-state index in [0.717, 1.165) is 5.69 Å². The highest BCUT2D eigenvalue weighted by Crippen LogP contribution is 1.89. The molecule has 0 aromatic carbocycles. The van der Waals surface area contributed by atoms with Gasteiger partial charge >= 0.3 is 0 Å². The van der Waals surface area contributed by atoms with E-state index in [1.54, 1.807) is 4.68 Å². The summed E-state index contributed by atoms with van der Waals surface area (Å²) in [6, 6.07) is 0. The minimum atomic E-state index is 0.368. The lowest BCUT2D eigenvalue weighted by molar-refractivity contribution is 0.130. The second kappa shape index (κ2) is 5.95. The van der Waals surface area contributed by atoms with Crippen LogP contribution in [-0.2, 0) is 11.3 Å². The molecule has 0 aliphatic carbocycles. The highest BCUT2D eigenvalue weighted by Gasteiger charge is 1.94. The van der Waals surface area contributed by atoms with Crippen molar-refractivity contribution in [2.45, 2.75) is 13.5 Å². The number of aromatic nitrogens is 3. The van der Waals surface area contributed by atoms with Crippen molar-refractivity contribution in [2.24, 2.45) is 5.11 Å². The van der Waals surface area contributed by atoms with E-state index in [2.05, 4.69) is 20.3 Å². The van der Waals surface area contributed by atoms with Crippen LogP contribution in [0.2, 0.25) is 0 Å². The van der Waals surface area contributed by atoms with Gasteiger partial charge in [0.15, 0.2) is 0 Å². The van der Waals surface area contributed by atoms with Gasteiger partial charge in [0.25, 0.3) is 0 Å². The number of rotatable bonds is 6. The van der Waals surface area contributed by atoms with E-state index in [1.165, 1.54) is 0 Å². The summed E-state index contributed by atoms with van der Waals surface area (Å²) in [5, 5.41) is 11.0. The Morgan fingerprint density at radius 1 is 1.64 bits per heavy atom. The predicted octanol–water partition coefficient (Wildman–Crippen LogP) is 0.913. The Morgan fingerprint density at radius 3 is 3.14 bits per heavy atom. The molecular formula is C7H12N6O. The fourth-order valence-corrected chi connectivity index (χ4v) is 0.915. The second-order valence-corrected chi connectivity index (χ2v) is 2.69. The van der Waals surface area contributed by atoms with Crippen LogP contribution in [0, 0.1) is 6.92 Å². The minimum Gasteiger partial charge on any atom is -0.379 e. The van der Waals surface area contributed by atoms with Gasteiger partial charge in [0, 0.05) is 17.7 Å². The Morgan fingerprint density at radius 2 is 2.50 bits per heavy atom. The first-order valence-corrected chi connectivity index (χ1v) is 4.28. The summed E-state index contributed by atoms with van der Waals surface area (Å²) in [6.45, 7) is 3.90. The summed E-state index contributed by atoms with van der Waals surface area (Å²) in [7, 11) is 0. The van der Waals surface area contributed by atoms with Gasteiger partial charge in [-0.3, -0.25) is 0 Å². The molecule has 0 atom stereocenters. The van der Waals surface area contributed by atoms with Gasteiger partial charge in [0.05, 0.1) is 25.5 Å². The monoisotopic (exact) mass is 196 g/mol. The Bertz CT molecular complexity index is 316. The SMILES string of the molecule is Cc1cn(CCOCCN=[N+]=[N-])nn1. The Kier molecular flexibility index (Phi) is 4.46. The molecule has 0 aliphatic heterocycles. The Hall–Kier alpha value is -1.59. The van der Waals surface area contributed by atoms with E-state index in [-0.39, 0.29) is 0 Å². The van der Waals surface area contributed by atoms with Crippen molar-refractivity contribution in [1.82, 2.24) is 15.0 Å². The van der Waals surface area contributed by atoms with Crippen molar-refractivity contribution >= 4 is 0 Å². The summed E-state index contributed by atoms with van der Waals surface area (Å²) in [5.74, 6) is 0. The van der Waals surface area contributed by atoms with Crippen LogP contribution in [-0.4, -0.2) is 34.8 Å². The van der Waals surface area contributed by atoms with Crippen LogP contribution in [0.15, 0.2) is 11.3 Å². The molecule has 0 radical (unpaired) electrons. The summed E-state index contributed by atoms with van der Waals surface area (Å²) in [5.41, 5.74) is 8.87. The van der Waals surface area contributed by atoms with Gasteiger partial charge in [-0.2, -0.15) is 0 Å². The van der Waals surface area contributed by atoms with E-state index >= 15 is 0 Å². The van der Waals surface area contributed by atoms with Gasteiger partial charge in [-0.25, -0.2) is 4.68 Å². The standard InChI is InChI=1S/C7H12N6O/c1-7-6-13(12-10-7)3-5-14-4-2-9-11-8/h6H,2-5H2,1H3. The summed E-state index contributed by atoms with van der Waals surface area (Å²) in [4.78, 5) is 2.61. The van der Waals surface area contributed by atoms with Crippen LogP contribution in [0.1, 0.15) is 5.69 Å². The maximum absolute atomic E-state index is 7.98. The molecule has 1 aromatic heterocycles. The average Bonchev–Trinajstić information content (AvgIpc) is 2.58. The molecule has 0 amide bonds. The normalized spacial score (nSPS) is 9.79. The first-order chi connectivity index (χ1) is 6.83. The predicted molar refractivity (Wildman–Crippen MR) is 49.6 cm³/mol. The molecule has 0 aliphatic rings. The second-order valence-electron chi connectivity index (χ2n) is 2.69. The van der Waals surface area contributed by atoms with Crippen molar-refractivity contribution in [3.8, 4) is 0 Å². The summed E-state index contributed by atoms with van der Waals surface area (Å²) < 4.78 is 6.91. The lowest BCUT2D eigenvalue weighted by atomic mass is 10.5. The van der Waals surface area contributed by atoms with Gasteiger partial charge in [-0.05, 0) is 12.5 Å². The van der Waals surface area contributed by atoms with Gasteiger partial charge in [-0.15, -0.1) is 5.10 Å². The van der Waals surface area contributed by atoms with Crippen molar-refractivity contribution in [1.29, 1.82) is 0 Å². The lowest BCUT2D eigenvalue weighted by Gasteiger charge is -2.00. The average molecular weight is 196 g/mol. The molecule has 0 saturated heterocycles. The van der Waals surface area contributed by atoms with Crippen LogP contribution >= 0.6 is 0 Å². The van der Waals surface area contributed by atoms with Gasteiger partial charge in [-0.1, -0.05) is 10.3 Å². The van der Waals surface area contributed by atoms with E-state index < -0.39 is 0 Å². The van der Waals surface area contributed by atoms with Crippen molar-refractivity contribution in [3.05, 3.63) is 22.3 Å².